The summed E-state index contributed by atoms with van der Waals surface area (Å²) in [6, 6.07) is 15.2. The highest BCUT2D eigenvalue weighted by atomic mass is 16.2. The van der Waals surface area contributed by atoms with Gasteiger partial charge in [-0.15, -0.1) is 0 Å². The maximum absolute atomic E-state index is 12.7. The number of amides is 1. The molecule has 1 amide bonds. The van der Waals surface area contributed by atoms with Crippen LogP contribution in [0.25, 0.3) is 0 Å². The van der Waals surface area contributed by atoms with Gasteiger partial charge < -0.3 is 14.7 Å². The number of hydrogen-bond acceptors (Lipinski definition) is 2. The van der Waals surface area contributed by atoms with Gasteiger partial charge in [0.1, 0.15) is 6.54 Å². The number of benzene rings is 2. The topological polar surface area (TPSA) is 28.0 Å². The first-order valence-corrected chi connectivity index (χ1v) is 10.5. The Morgan fingerprint density at radius 3 is 2.25 bits per heavy atom. The second kappa shape index (κ2) is 9.24. The van der Waals surface area contributed by atoms with Crippen molar-refractivity contribution in [1.82, 2.24) is 4.90 Å². The van der Waals surface area contributed by atoms with Crippen LogP contribution in [-0.4, -0.2) is 50.6 Å². The summed E-state index contributed by atoms with van der Waals surface area (Å²) in [5.41, 5.74) is 6.64. The molecule has 4 heteroatoms. The van der Waals surface area contributed by atoms with Crippen molar-refractivity contribution >= 4 is 11.6 Å². The molecule has 0 saturated carbocycles. The van der Waals surface area contributed by atoms with E-state index in [1.807, 2.05) is 4.90 Å². The van der Waals surface area contributed by atoms with Crippen LogP contribution in [-0.2, 0) is 17.8 Å². The predicted molar refractivity (Wildman–Crippen MR) is 116 cm³/mol. The van der Waals surface area contributed by atoms with Crippen LogP contribution in [0.15, 0.2) is 42.5 Å². The Kier molecular flexibility index (Phi) is 6.74. The molecular weight excluding hydrogens is 346 g/mol. The highest BCUT2D eigenvalue weighted by molar-refractivity contribution is 5.77. The van der Waals surface area contributed by atoms with Gasteiger partial charge >= 0.3 is 0 Å². The standard InChI is InChI=1S/C24H33N3O/c1-5-21-9-11-22(12-10-21)17-25(4)18-24(28)27-15-13-26(14-16-27)23-8-6-7-19(2)20(23)3/h6-12H,5,13-18H2,1-4H3/p+1. The van der Waals surface area contributed by atoms with Crippen LogP contribution in [0, 0.1) is 13.8 Å². The van der Waals surface area contributed by atoms with E-state index < -0.39 is 0 Å². The first kappa shape index (κ1) is 20.4. The summed E-state index contributed by atoms with van der Waals surface area (Å²) in [4.78, 5) is 18.4. The zero-order valence-electron chi connectivity index (χ0n) is 17.8. The first-order chi connectivity index (χ1) is 13.5. The third kappa shape index (κ3) is 4.93. The molecular formula is C24H34N3O+. The zero-order valence-corrected chi connectivity index (χ0v) is 17.8. The average molecular weight is 381 g/mol. The lowest BCUT2D eigenvalue weighted by molar-refractivity contribution is -0.885. The van der Waals surface area contributed by atoms with Crippen LogP contribution >= 0.6 is 0 Å². The fourth-order valence-corrected chi connectivity index (χ4v) is 3.95. The maximum atomic E-state index is 12.7. The molecule has 2 aromatic rings. The number of carbonyl (C=O) groups excluding carboxylic acids is 1. The number of piperazine rings is 1. The van der Waals surface area contributed by atoms with Crippen molar-refractivity contribution in [3.63, 3.8) is 0 Å². The largest absolute Gasteiger partial charge is 0.368 e. The molecule has 0 bridgehead atoms. The van der Waals surface area contributed by atoms with Gasteiger partial charge in [0, 0.05) is 37.4 Å². The van der Waals surface area contributed by atoms with Gasteiger partial charge in [0.25, 0.3) is 5.91 Å². The van der Waals surface area contributed by atoms with Crippen LogP contribution in [0.1, 0.15) is 29.2 Å². The Labute approximate surface area is 169 Å². The quantitative estimate of drug-likeness (QED) is 0.832. The summed E-state index contributed by atoms with van der Waals surface area (Å²) < 4.78 is 0. The van der Waals surface area contributed by atoms with E-state index in [2.05, 4.69) is 75.2 Å². The lowest BCUT2D eigenvalue weighted by Gasteiger charge is -2.37. The predicted octanol–water partition coefficient (Wildman–Crippen LogP) is 2.23. The van der Waals surface area contributed by atoms with E-state index >= 15 is 0 Å². The molecule has 1 atom stereocenters. The van der Waals surface area contributed by atoms with Crippen LogP contribution in [0.5, 0.6) is 0 Å². The molecule has 1 heterocycles. The van der Waals surface area contributed by atoms with Crippen LogP contribution in [0.3, 0.4) is 0 Å². The maximum Gasteiger partial charge on any atom is 0.277 e. The molecule has 150 valence electrons. The molecule has 28 heavy (non-hydrogen) atoms. The van der Waals surface area contributed by atoms with Crippen molar-refractivity contribution in [3.05, 3.63) is 64.7 Å². The normalized spacial score (nSPS) is 15.6. The van der Waals surface area contributed by atoms with Crippen LogP contribution < -0.4 is 9.80 Å². The third-order valence-electron chi connectivity index (χ3n) is 5.94. The van der Waals surface area contributed by atoms with Gasteiger partial charge in [-0.25, -0.2) is 0 Å². The number of aryl methyl sites for hydroxylation is 2. The van der Waals surface area contributed by atoms with Gasteiger partial charge in [0.2, 0.25) is 0 Å². The summed E-state index contributed by atoms with van der Waals surface area (Å²) >= 11 is 0. The Bertz CT molecular complexity index is 792. The van der Waals surface area contributed by atoms with Gasteiger partial charge in [-0.3, -0.25) is 4.79 Å². The molecule has 0 aliphatic carbocycles. The van der Waals surface area contributed by atoms with Crippen molar-refractivity contribution in [1.29, 1.82) is 0 Å². The number of likely N-dealkylation sites (N-methyl/N-ethyl adjacent to an activating group) is 1. The number of nitrogens with zero attached hydrogens (tertiary/aromatic N) is 2. The first-order valence-electron chi connectivity index (χ1n) is 10.5. The number of carbonyl (C=O) groups is 1. The average Bonchev–Trinajstić information content (AvgIpc) is 2.70. The van der Waals surface area contributed by atoms with Crippen molar-refractivity contribution in [2.45, 2.75) is 33.7 Å². The van der Waals surface area contributed by atoms with E-state index in [4.69, 9.17) is 0 Å². The van der Waals surface area contributed by atoms with Gasteiger partial charge in [0.05, 0.1) is 7.05 Å². The van der Waals surface area contributed by atoms with E-state index in [1.165, 1.54) is 32.8 Å². The minimum Gasteiger partial charge on any atom is -0.368 e. The zero-order chi connectivity index (χ0) is 20.1. The van der Waals surface area contributed by atoms with Gasteiger partial charge in [-0.05, 0) is 43.0 Å². The highest BCUT2D eigenvalue weighted by Crippen LogP contribution is 2.23. The van der Waals surface area contributed by atoms with Gasteiger partial charge in [-0.2, -0.15) is 0 Å². The summed E-state index contributed by atoms with van der Waals surface area (Å²) in [6.45, 7) is 11.4. The molecule has 1 aliphatic rings. The lowest BCUT2D eigenvalue weighted by Crippen LogP contribution is -3.09. The monoisotopic (exact) mass is 380 g/mol. The number of hydrogen-bond donors (Lipinski definition) is 1. The molecule has 0 aromatic heterocycles. The van der Waals surface area contributed by atoms with Crippen molar-refractivity contribution in [3.8, 4) is 0 Å². The van der Waals surface area contributed by atoms with Crippen molar-refractivity contribution in [2.24, 2.45) is 0 Å². The highest BCUT2D eigenvalue weighted by Gasteiger charge is 2.24. The molecule has 1 aliphatic heterocycles. The number of anilines is 1. The molecule has 2 aromatic carbocycles. The Balaban J connectivity index is 1.49. The van der Waals surface area contributed by atoms with E-state index in [1.54, 1.807) is 0 Å². The Morgan fingerprint density at radius 2 is 1.61 bits per heavy atom. The fraction of sp³-hybridized carbons (Fsp3) is 0.458. The molecule has 1 N–H and O–H groups in total. The second-order valence-corrected chi connectivity index (χ2v) is 8.07. The van der Waals surface area contributed by atoms with Crippen molar-refractivity contribution in [2.75, 3.05) is 44.7 Å². The minimum atomic E-state index is 0.267. The molecule has 1 unspecified atom stereocenters. The molecule has 1 saturated heterocycles. The van der Waals surface area contributed by atoms with Gasteiger partial charge in [0.15, 0.2) is 6.54 Å². The Hall–Kier alpha value is -2.33. The van der Waals surface area contributed by atoms with Crippen LogP contribution in [0.4, 0.5) is 5.69 Å². The summed E-state index contributed by atoms with van der Waals surface area (Å²) in [7, 11) is 2.11. The number of nitrogens with one attached hydrogen (secondary N) is 1. The third-order valence-corrected chi connectivity index (χ3v) is 5.94. The number of rotatable bonds is 6. The smallest absolute Gasteiger partial charge is 0.277 e. The molecule has 0 radical (unpaired) electrons. The Morgan fingerprint density at radius 1 is 0.964 bits per heavy atom. The lowest BCUT2D eigenvalue weighted by atomic mass is 10.1. The van der Waals surface area contributed by atoms with Crippen molar-refractivity contribution < 1.29 is 9.69 Å². The van der Waals surface area contributed by atoms with E-state index in [9.17, 15) is 4.79 Å². The molecule has 0 spiro atoms. The summed E-state index contributed by atoms with van der Waals surface area (Å²) in [5, 5.41) is 0. The summed E-state index contributed by atoms with van der Waals surface area (Å²) in [5.74, 6) is 0.267. The van der Waals surface area contributed by atoms with Gasteiger partial charge in [-0.1, -0.05) is 43.3 Å². The fourth-order valence-electron chi connectivity index (χ4n) is 3.95. The van der Waals surface area contributed by atoms with E-state index in [0.717, 1.165) is 39.1 Å². The molecule has 3 rings (SSSR count). The number of quaternary nitrogens is 1. The molecule has 1 fully saturated rings. The van der Waals surface area contributed by atoms with Crippen LogP contribution in [0.2, 0.25) is 0 Å². The second-order valence-electron chi connectivity index (χ2n) is 8.07. The molecule has 4 nitrogen and oxygen atoms in total. The SMILES string of the molecule is CCc1ccc(C[NH+](C)CC(=O)N2CCN(c3cccc(C)c3C)CC2)cc1. The minimum absolute atomic E-state index is 0.267. The van der Waals surface area contributed by atoms with E-state index in [0.29, 0.717) is 6.54 Å². The van der Waals surface area contributed by atoms with E-state index in [-0.39, 0.29) is 5.91 Å². The summed E-state index contributed by atoms with van der Waals surface area (Å²) in [6.07, 6.45) is 1.06.